The lowest BCUT2D eigenvalue weighted by atomic mass is 10.1. The van der Waals surface area contributed by atoms with Gasteiger partial charge in [-0.25, -0.2) is 4.98 Å². The fourth-order valence-corrected chi connectivity index (χ4v) is 4.31. The van der Waals surface area contributed by atoms with Gasteiger partial charge in [-0.05, 0) is 39.2 Å². The molecule has 0 radical (unpaired) electrons. The number of thioether (sulfide) groups is 1. The summed E-state index contributed by atoms with van der Waals surface area (Å²) in [4.78, 5) is 17.1. The van der Waals surface area contributed by atoms with Crippen LogP contribution in [0, 0.1) is 26.7 Å². The van der Waals surface area contributed by atoms with Gasteiger partial charge in [0.05, 0.1) is 22.9 Å². The summed E-state index contributed by atoms with van der Waals surface area (Å²) in [5.41, 5.74) is 3.87. The highest BCUT2D eigenvalue weighted by Gasteiger charge is 2.18. The van der Waals surface area contributed by atoms with E-state index in [1.807, 2.05) is 25.3 Å². The summed E-state index contributed by atoms with van der Waals surface area (Å²) in [6.45, 7) is 11.4. The number of hydrogen-bond acceptors (Lipinski definition) is 7. The molecule has 0 aliphatic heterocycles. The van der Waals surface area contributed by atoms with Crippen LogP contribution in [0.5, 0.6) is 0 Å². The van der Waals surface area contributed by atoms with Gasteiger partial charge >= 0.3 is 0 Å². The van der Waals surface area contributed by atoms with E-state index in [0.717, 1.165) is 40.6 Å². The molecule has 0 saturated carbocycles. The molecule has 0 atom stereocenters. The predicted molar refractivity (Wildman–Crippen MR) is 112 cm³/mol. The Morgan fingerprint density at radius 1 is 1.29 bits per heavy atom. The Kier molecular flexibility index (Phi) is 6.72. The van der Waals surface area contributed by atoms with E-state index in [9.17, 15) is 4.79 Å². The van der Waals surface area contributed by atoms with E-state index in [1.54, 1.807) is 11.3 Å². The van der Waals surface area contributed by atoms with E-state index < -0.39 is 0 Å². The van der Waals surface area contributed by atoms with Crippen molar-refractivity contribution in [2.24, 2.45) is 5.92 Å². The zero-order valence-electron chi connectivity index (χ0n) is 17.0. The van der Waals surface area contributed by atoms with Crippen molar-refractivity contribution in [3.05, 3.63) is 45.0 Å². The number of hydrogen-bond donors (Lipinski definition) is 0. The first kappa shape index (κ1) is 20.8. The summed E-state index contributed by atoms with van der Waals surface area (Å²) in [5, 5.41) is 11.5. The first-order valence-corrected chi connectivity index (χ1v) is 11.3. The Labute approximate surface area is 173 Å². The van der Waals surface area contributed by atoms with Crippen LogP contribution < -0.4 is 0 Å². The molecule has 3 heterocycles. The molecular formula is C20H26N4O2S2. The number of carbonyl (C=O) groups is 1. The first-order chi connectivity index (χ1) is 13.3. The molecule has 0 unspecified atom stereocenters. The summed E-state index contributed by atoms with van der Waals surface area (Å²) in [6, 6.07) is 1.99. The van der Waals surface area contributed by atoms with Gasteiger partial charge < -0.3 is 8.98 Å². The van der Waals surface area contributed by atoms with E-state index in [-0.39, 0.29) is 11.5 Å². The fourth-order valence-electron chi connectivity index (χ4n) is 3.03. The van der Waals surface area contributed by atoms with Gasteiger partial charge in [0, 0.05) is 28.9 Å². The van der Waals surface area contributed by atoms with Gasteiger partial charge in [-0.1, -0.05) is 25.6 Å². The van der Waals surface area contributed by atoms with Crippen LogP contribution in [0.15, 0.2) is 21.1 Å². The van der Waals surface area contributed by atoms with Crippen LogP contribution in [0.2, 0.25) is 0 Å². The monoisotopic (exact) mass is 418 g/mol. The standard InChI is InChI=1S/C20H26N4O2S2/c1-12(2)6-7-24-13(3)8-17(14(24)4)18(25)11-28-20-23-22-19(26-20)9-16-10-27-15(5)21-16/h8,10,12H,6-7,9,11H2,1-5H3. The van der Waals surface area contributed by atoms with Crippen molar-refractivity contribution < 1.29 is 9.21 Å². The smallest absolute Gasteiger partial charge is 0.277 e. The van der Waals surface area contributed by atoms with Crippen molar-refractivity contribution >= 4 is 28.9 Å². The number of Topliss-reactive ketones (excluding diaryl/α,β-unsaturated/α-hetero) is 1. The highest BCUT2D eigenvalue weighted by molar-refractivity contribution is 7.99. The van der Waals surface area contributed by atoms with E-state index in [1.165, 1.54) is 11.8 Å². The van der Waals surface area contributed by atoms with Crippen molar-refractivity contribution in [2.45, 2.75) is 59.2 Å². The molecule has 0 saturated heterocycles. The van der Waals surface area contributed by atoms with Crippen molar-refractivity contribution in [2.75, 3.05) is 5.75 Å². The van der Waals surface area contributed by atoms with Crippen LogP contribution >= 0.6 is 23.1 Å². The molecule has 0 spiro atoms. The highest BCUT2D eigenvalue weighted by Crippen LogP contribution is 2.23. The Bertz CT molecular complexity index is 955. The van der Waals surface area contributed by atoms with Crippen LogP contribution in [-0.4, -0.2) is 31.3 Å². The minimum Gasteiger partial charge on any atom is -0.416 e. The molecule has 6 nitrogen and oxygen atoms in total. The second-order valence-electron chi connectivity index (χ2n) is 7.33. The average molecular weight is 419 g/mol. The number of carbonyl (C=O) groups excluding carboxylic acids is 1. The number of aromatic nitrogens is 4. The molecule has 3 aromatic rings. The maximum absolute atomic E-state index is 12.7. The molecule has 0 bridgehead atoms. The SMILES string of the molecule is Cc1nc(Cc2nnc(SCC(=O)c3cc(C)n(CCC(C)C)c3C)o2)cs1. The van der Waals surface area contributed by atoms with Crippen molar-refractivity contribution in [3.63, 3.8) is 0 Å². The summed E-state index contributed by atoms with van der Waals surface area (Å²) >= 11 is 2.88. The van der Waals surface area contributed by atoms with E-state index >= 15 is 0 Å². The summed E-state index contributed by atoms with van der Waals surface area (Å²) in [6.07, 6.45) is 1.62. The highest BCUT2D eigenvalue weighted by atomic mass is 32.2. The molecular weight excluding hydrogens is 392 g/mol. The van der Waals surface area contributed by atoms with Gasteiger partial charge in [-0.3, -0.25) is 4.79 Å². The minimum atomic E-state index is 0.0868. The second-order valence-corrected chi connectivity index (χ2v) is 9.32. The topological polar surface area (TPSA) is 73.8 Å². The third-order valence-electron chi connectivity index (χ3n) is 4.58. The second kappa shape index (κ2) is 9.05. The van der Waals surface area contributed by atoms with E-state index in [2.05, 4.69) is 40.5 Å². The molecule has 0 aliphatic carbocycles. The Balaban J connectivity index is 1.59. The number of aryl methyl sites for hydroxylation is 2. The molecule has 0 N–H and O–H groups in total. The summed E-state index contributed by atoms with van der Waals surface area (Å²) in [7, 11) is 0. The van der Waals surface area contributed by atoms with Crippen LogP contribution in [0.25, 0.3) is 0 Å². The Morgan fingerprint density at radius 3 is 2.75 bits per heavy atom. The predicted octanol–water partition coefficient (Wildman–Crippen LogP) is 4.86. The van der Waals surface area contributed by atoms with Crippen LogP contribution in [0.1, 0.15) is 58.6 Å². The number of rotatable bonds is 9. The largest absolute Gasteiger partial charge is 0.416 e. The lowest BCUT2D eigenvalue weighted by Gasteiger charge is -2.11. The fraction of sp³-hybridized carbons (Fsp3) is 0.500. The molecule has 28 heavy (non-hydrogen) atoms. The number of nitrogens with zero attached hydrogens (tertiary/aromatic N) is 4. The summed E-state index contributed by atoms with van der Waals surface area (Å²) < 4.78 is 7.89. The average Bonchev–Trinajstić information content (AvgIpc) is 3.32. The molecule has 3 aromatic heterocycles. The number of ketones is 1. The van der Waals surface area contributed by atoms with Crippen molar-refractivity contribution in [1.82, 2.24) is 19.7 Å². The third kappa shape index (κ3) is 5.11. The quantitative estimate of drug-likeness (QED) is 0.365. The van der Waals surface area contributed by atoms with E-state index in [0.29, 0.717) is 23.5 Å². The maximum atomic E-state index is 12.7. The van der Waals surface area contributed by atoms with E-state index in [4.69, 9.17) is 4.42 Å². The van der Waals surface area contributed by atoms with Crippen LogP contribution in [-0.2, 0) is 13.0 Å². The lowest BCUT2D eigenvalue weighted by molar-refractivity contribution is 0.102. The van der Waals surface area contributed by atoms with Crippen LogP contribution in [0.4, 0.5) is 0 Å². The zero-order chi connectivity index (χ0) is 20.3. The Hall–Kier alpha value is -1.93. The van der Waals surface area contributed by atoms with Gasteiger partial charge in [0.25, 0.3) is 5.22 Å². The summed E-state index contributed by atoms with van der Waals surface area (Å²) in [5.74, 6) is 1.53. The lowest BCUT2D eigenvalue weighted by Crippen LogP contribution is -2.08. The molecule has 0 fully saturated rings. The third-order valence-corrected chi connectivity index (χ3v) is 6.22. The molecule has 0 aromatic carbocycles. The van der Waals surface area contributed by atoms with Gasteiger partial charge in [0.2, 0.25) is 5.89 Å². The normalized spacial score (nSPS) is 11.5. The minimum absolute atomic E-state index is 0.0868. The van der Waals surface area contributed by atoms with Crippen LogP contribution in [0.3, 0.4) is 0 Å². The molecule has 150 valence electrons. The molecule has 8 heteroatoms. The van der Waals surface area contributed by atoms with Crippen molar-refractivity contribution in [1.29, 1.82) is 0 Å². The molecule has 0 aliphatic rings. The zero-order valence-corrected chi connectivity index (χ0v) is 18.6. The van der Waals surface area contributed by atoms with Crippen molar-refractivity contribution in [3.8, 4) is 0 Å². The first-order valence-electron chi connectivity index (χ1n) is 9.39. The van der Waals surface area contributed by atoms with Gasteiger partial charge in [-0.15, -0.1) is 21.5 Å². The molecule has 0 amide bonds. The molecule has 3 rings (SSSR count). The van der Waals surface area contributed by atoms with Gasteiger partial charge in [-0.2, -0.15) is 0 Å². The Morgan fingerprint density at radius 2 is 2.07 bits per heavy atom. The number of thiazole rings is 1. The van der Waals surface area contributed by atoms with Gasteiger partial charge in [0.15, 0.2) is 5.78 Å². The maximum Gasteiger partial charge on any atom is 0.277 e. The van der Waals surface area contributed by atoms with Gasteiger partial charge in [0.1, 0.15) is 0 Å².